The van der Waals surface area contributed by atoms with E-state index in [9.17, 15) is 0 Å². The molecule has 0 saturated heterocycles. The second-order valence-electron chi connectivity index (χ2n) is 6.71. The highest BCUT2D eigenvalue weighted by molar-refractivity contribution is 6.31. The normalized spacial score (nSPS) is 16.3. The van der Waals surface area contributed by atoms with Crippen molar-refractivity contribution in [3.05, 3.63) is 101 Å². The molecule has 1 N–H and O–H groups in total. The lowest BCUT2D eigenvalue weighted by atomic mass is 9.96. The van der Waals surface area contributed by atoms with Crippen LogP contribution in [0.3, 0.4) is 0 Å². The van der Waals surface area contributed by atoms with Gasteiger partial charge in [0, 0.05) is 17.5 Å². The van der Waals surface area contributed by atoms with Gasteiger partial charge in [-0.3, -0.25) is 0 Å². The average molecular weight is 404 g/mol. The van der Waals surface area contributed by atoms with Crippen LogP contribution in [0.15, 0.2) is 94.8 Å². The maximum atomic E-state index is 6.49. The Labute approximate surface area is 175 Å². The standard InChI is InChI=1S/C24H22ClN3O/c1-2-29-19-14-12-18(13-15-19)27-28-24-21(20-10-6-7-11-22(20)25)16-26-23(24)17-8-4-3-5-9-17/h3-15,21,26H,2,16H2,1H3. The van der Waals surface area contributed by atoms with E-state index in [4.69, 9.17) is 16.3 Å². The Hall–Kier alpha value is -3.11. The minimum Gasteiger partial charge on any atom is -0.494 e. The third-order valence-electron chi connectivity index (χ3n) is 4.83. The van der Waals surface area contributed by atoms with Gasteiger partial charge in [0.1, 0.15) is 5.75 Å². The molecule has 0 saturated carbocycles. The highest BCUT2D eigenvalue weighted by Crippen LogP contribution is 2.39. The molecule has 3 aromatic rings. The molecule has 1 aliphatic rings. The van der Waals surface area contributed by atoms with Gasteiger partial charge in [0.2, 0.25) is 0 Å². The zero-order chi connectivity index (χ0) is 20.1. The Bertz CT molecular complexity index is 1030. The van der Waals surface area contributed by atoms with Gasteiger partial charge in [-0.2, -0.15) is 10.2 Å². The van der Waals surface area contributed by atoms with Crippen LogP contribution in [0.4, 0.5) is 5.69 Å². The van der Waals surface area contributed by atoms with Crippen molar-refractivity contribution in [3.8, 4) is 5.75 Å². The summed E-state index contributed by atoms with van der Waals surface area (Å²) in [4.78, 5) is 0. The number of benzene rings is 3. The van der Waals surface area contributed by atoms with E-state index in [-0.39, 0.29) is 5.92 Å². The molecule has 4 rings (SSSR count). The van der Waals surface area contributed by atoms with Crippen molar-refractivity contribution in [2.45, 2.75) is 12.8 Å². The summed E-state index contributed by atoms with van der Waals surface area (Å²) in [6.45, 7) is 3.33. The van der Waals surface area contributed by atoms with E-state index in [1.165, 1.54) is 0 Å². The quantitative estimate of drug-likeness (QED) is 0.472. The van der Waals surface area contributed by atoms with Gasteiger partial charge < -0.3 is 10.1 Å². The Morgan fingerprint density at radius 3 is 2.38 bits per heavy atom. The van der Waals surface area contributed by atoms with Gasteiger partial charge in [-0.15, -0.1) is 0 Å². The topological polar surface area (TPSA) is 46.0 Å². The van der Waals surface area contributed by atoms with E-state index in [1.807, 2.05) is 67.6 Å². The van der Waals surface area contributed by atoms with Crippen molar-refractivity contribution in [2.75, 3.05) is 13.2 Å². The van der Waals surface area contributed by atoms with Crippen LogP contribution >= 0.6 is 11.6 Å². The highest BCUT2D eigenvalue weighted by Gasteiger charge is 2.29. The van der Waals surface area contributed by atoms with Crippen LogP contribution < -0.4 is 10.1 Å². The first kappa shape index (κ1) is 19.2. The number of hydrogen-bond donors (Lipinski definition) is 1. The maximum absolute atomic E-state index is 6.49. The summed E-state index contributed by atoms with van der Waals surface area (Å²) in [6, 6.07) is 25.7. The van der Waals surface area contributed by atoms with Crippen molar-refractivity contribution < 1.29 is 4.74 Å². The van der Waals surface area contributed by atoms with Crippen LogP contribution in [0.1, 0.15) is 24.0 Å². The van der Waals surface area contributed by atoms with E-state index < -0.39 is 0 Å². The fourth-order valence-electron chi connectivity index (χ4n) is 3.44. The summed E-state index contributed by atoms with van der Waals surface area (Å²) in [5.74, 6) is 0.859. The van der Waals surface area contributed by atoms with Crippen LogP contribution in [-0.2, 0) is 0 Å². The lowest BCUT2D eigenvalue weighted by molar-refractivity contribution is 0.340. The fourth-order valence-corrected chi connectivity index (χ4v) is 3.71. The van der Waals surface area contributed by atoms with Gasteiger partial charge in [0.25, 0.3) is 0 Å². The Morgan fingerprint density at radius 2 is 1.66 bits per heavy atom. The highest BCUT2D eigenvalue weighted by atomic mass is 35.5. The molecule has 1 aliphatic heterocycles. The minimum absolute atomic E-state index is 0.0327. The zero-order valence-electron chi connectivity index (χ0n) is 16.2. The monoisotopic (exact) mass is 403 g/mol. The van der Waals surface area contributed by atoms with Gasteiger partial charge >= 0.3 is 0 Å². The molecule has 3 aromatic carbocycles. The van der Waals surface area contributed by atoms with Crippen LogP contribution in [0, 0.1) is 0 Å². The number of hydrogen-bond acceptors (Lipinski definition) is 4. The molecule has 0 fully saturated rings. The van der Waals surface area contributed by atoms with Gasteiger partial charge in [0.15, 0.2) is 0 Å². The van der Waals surface area contributed by atoms with Gasteiger partial charge in [-0.05, 0) is 48.4 Å². The molecule has 0 aliphatic carbocycles. The first-order chi connectivity index (χ1) is 14.3. The summed E-state index contributed by atoms with van der Waals surface area (Å²) in [6.07, 6.45) is 0. The first-order valence-electron chi connectivity index (χ1n) is 9.68. The Balaban J connectivity index is 1.71. The molecule has 0 amide bonds. The second kappa shape index (κ2) is 8.93. The number of rotatable bonds is 6. The van der Waals surface area contributed by atoms with Gasteiger partial charge in [-0.1, -0.05) is 60.1 Å². The van der Waals surface area contributed by atoms with Crippen LogP contribution in [-0.4, -0.2) is 13.2 Å². The Morgan fingerprint density at radius 1 is 0.931 bits per heavy atom. The molecule has 0 aromatic heterocycles. The summed E-state index contributed by atoms with van der Waals surface area (Å²) in [7, 11) is 0. The van der Waals surface area contributed by atoms with Crippen molar-refractivity contribution in [1.82, 2.24) is 5.32 Å². The molecule has 4 nitrogen and oxygen atoms in total. The molecule has 1 atom stereocenters. The van der Waals surface area contributed by atoms with Crippen LogP contribution in [0.5, 0.6) is 5.75 Å². The number of ether oxygens (including phenoxy) is 1. The minimum atomic E-state index is 0.0327. The van der Waals surface area contributed by atoms with E-state index in [0.29, 0.717) is 6.61 Å². The summed E-state index contributed by atoms with van der Waals surface area (Å²) < 4.78 is 5.50. The molecule has 1 unspecified atom stereocenters. The predicted octanol–water partition coefficient (Wildman–Crippen LogP) is 6.58. The van der Waals surface area contributed by atoms with E-state index in [0.717, 1.165) is 45.5 Å². The number of nitrogens with zero attached hydrogens (tertiary/aromatic N) is 2. The summed E-state index contributed by atoms with van der Waals surface area (Å²) >= 11 is 6.49. The third kappa shape index (κ3) is 4.33. The molecule has 1 heterocycles. The molecular weight excluding hydrogens is 382 g/mol. The van der Waals surface area contributed by atoms with Crippen molar-refractivity contribution in [1.29, 1.82) is 0 Å². The van der Waals surface area contributed by atoms with Crippen molar-refractivity contribution in [3.63, 3.8) is 0 Å². The number of azo groups is 1. The average Bonchev–Trinajstić information content (AvgIpc) is 3.18. The van der Waals surface area contributed by atoms with Crippen molar-refractivity contribution in [2.24, 2.45) is 10.2 Å². The number of halogens is 1. The predicted molar refractivity (Wildman–Crippen MR) is 118 cm³/mol. The number of nitrogens with one attached hydrogen (secondary N) is 1. The third-order valence-corrected chi connectivity index (χ3v) is 5.18. The lowest BCUT2D eigenvalue weighted by Gasteiger charge is -2.12. The molecule has 0 radical (unpaired) electrons. The first-order valence-corrected chi connectivity index (χ1v) is 10.1. The zero-order valence-corrected chi connectivity index (χ0v) is 16.9. The second-order valence-corrected chi connectivity index (χ2v) is 7.12. The molecule has 0 bridgehead atoms. The molecule has 146 valence electrons. The van der Waals surface area contributed by atoms with E-state index in [1.54, 1.807) is 0 Å². The van der Waals surface area contributed by atoms with Gasteiger partial charge in [0.05, 0.1) is 23.7 Å². The van der Waals surface area contributed by atoms with Gasteiger partial charge in [-0.25, -0.2) is 0 Å². The van der Waals surface area contributed by atoms with Crippen molar-refractivity contribution >= 4 is 23.0 Å². The Kier molecular flexibility index (Phi) is 5.92. The van der Waals surface area contributed by atoms with Crippen LogP contribution in [0.2, 0.25) is 5.02 Å². The summed E-state index contributed by atoms with van der Waals surface area (Å²) in [5.41, 5.74) is 4.79. The maximum Gasteiger partial charge on any atom is 0.119 e. The smallest absolute Gasteiger partial charge is 0.119 e. The lowest BCUT2D eigenvalue weighted by Crippen LogP contribution is -2.11. The molecular formula is C24H22ClN3O. The fraction of sp³-hybridized carbons (Fsp3) is 0.167. The van der Waals surface area contributed by atoms with Crippen LogP contribution in [0.25, 0.3) is 5.70 Å². The molecule has 0 spiro atoms. The largest absolute Gasteiger partial charge is 0.494 e. The molecule has 29 heavy (non-hydrogen) atoms. The SMILES string of the molecule is CCOc1ccc(N=NC2=C(c3ccccc3)NCC2c2ccccc2Cl)cc1. The van der Waals surface area contributed by atoms with E-state index in [2.05, 4.69) is 33.7 Å². The molecule has 5 heteroatoms. The van der Waals surface area contributed by atoms with E-state index >= 15 is 0 Å². The summed E-state index contributed by atoms with van der Waals surface area (Å²) in [5, 5.41) is 13.4.